The molecule has 2 saturated carbocycles. The molecule has 2 aliphatic rings. The molecule has 1 unspecified atom stereocenters. The fourth-order valence-electron chi connectivity index (χ4n) is 5.19. The van der Waals surface area contributed by atoms with Crippen LogP contribution in [0.15, 0.2) is 60.7 Å². The molecule has 0 bridgehead atoms. The Balaban J connectivity index is 1.72. The topological polar surface area (TPSA) is 46.5 Å². The van der Waals surface area contributed by atoms with Crippen molar-refractivity contribution in [2.75, 3.05) is 0 Å². The summed E-state index contributed by atoms with van der Waals surface area (Å²) >= 11 is 0. The van der Waals surface area contributed by atoms with Gasteiger partial charge in [-0.3, -0.25) is 4.79 Å². The summed E-state index contributed by atoms with van der Waals surface area (Å²) in [5.41, 5.74) is 0. The van der Waals surface area contributed by atoms with E-state index in [1.807, 2.05) is 0 Å². The fraction of sp³-hybridized carbons (Fsp3) is 0.435. The highest BCUT2D eigenvalue weighted by molar-refractivity contribution is 6.99. The number of carboxylic acid groups (broad SMARTS) is 1. The molecule has 2 fully saturated rings. The van der Waals surface area contributed by atoms with Crippen molar-refractivity contribution >= 4 is 24.7 Å². The summed E-state index contributed by atoms with van der Waals surface area (Å²) in [5.74, 6) is -0.144. The lowest BCUT2D eigenvalue weighted by Gasteiger charge is -2.45. The van der Waals surface area contributed by atoms with Crippen LogP contribution in [0.5, 0.6) is 0 Å². The molecule has 4 atom stereocenters. The Morgan fingerprint density at radius 1 is 0.926 bits per heavy atom. The first-order chi connectivity index (χ1) is 12.8. The molecule has 27 heavy (non-hydrogen) atoms. The van der Waals surface area contributed by atoms with E-state index in [-0.39, 0.29) is 17.1 Å². The third kappa shape index (κ3) is 3.05. The maximum absolute atomic E-state index is 11.3. The van der Waals surface area contributed by atoms with E-state index in [9.17, 15) is 9.90 Å². The van der Waals surface area contributed by atoms with Gasteiger partial charge in [0.1, 0.15) is 0 Å². The molecule has 0 heterocycles. The van der Waals surface area contributed by atoms with Crippen LogP contribution in [-0.2, 0) is 9.22 Å². The monoisotopic (exact) mass is 380 g/mol. The Hall–Kier alpha value is -1.91. The predicted octanol–water partition coefficient (Wildman–Crippen LogP) is 3.67. The van der Waals surface area contributed by atoms with Gasteiger partial charge in [-0.05, 0) is 40.1 Å². The highest BCUT2D eigenvalue weighted by Crippen LogP contribution is 2.59. The van der Waals surface area contributed by atoms with Crippen molar-refractivity contribution in [1.82, 2.24) is 0 Å². The van der Waals surface area contributed by atoms with Gasteiger partial charge in [-0.2, -0.15) is 0 Å². The first-order valence-electron chi connectivity index (χ1n) is 9.86. The molecule has 0 aliphatic heterocycles. The number of hydrogen-bond donors (Lipinski definition) is 1. The van der Waals surface area contributed by atoms with Gasteiger partial charge in [-0.25, -0.2) is 0 Å². The van der Waals surface area contributed by atoms with Crippen LogP contribution in [0.1, 0.15) is 33.6 Å². The van der Waals surface area contributed by atoms with Gasteiger partial charge >= 0.3 is 5.97 Å². The summed E-state index contributed by atoms with van der Waals surface area (Å²) in [6.45, 7) is 6.86. The van der Waals surface area contributed by atoms with Crippen molar-refractivity contribution in [2.24, 2.45) is 17.8 Å². The van der Waals surface area contributed by atoms with Crippen LogP contribution in [-0.4, -0.2) is 25.5 Å². The van der Waals surface area contributed by atoms with E-state index in [1.165, 1.54) is 10.4 Å². The first kappa shape index (κ1) is 18.5. The second-order valence-corrected chi connectivity index (χ2v) is 13.3. The van der Waals surface area contributed by atoms with Crippen molar-refractivity contribution in [3.8, 4) is 0 Å². The molecule has 0 radical (unpaired) electrons. The van der Waals surface area contributed by atoms with Crippen molar-refractivity contribution in [3.63, 3.8) is 0 Å². The van der Waals surface area contributed by atoms with Gasteiger partial charge in [-0.1, -0.05) is 81.4 Å². The Morgan fingerprint density at radius 3 is 1.74 bits per heavy atom. The summed E-state index contributed by atoms with van der Waals surface area (Å²) < 4.78 is 7.11. The van der Waals surface area contributed by atoms with Crippen LogP contribution in [0.2, 0.25) is 5.04 Å². The van der Waals surface area contributed by atoms with E-state index in [1.54, 1.807) is 0 Å². The molecule has 4 heteroatoms. The molecule has 0 saturated heterocycles. The van der Waals surface area contributed by atoms with Crippen molar-refractivity contribution < 1.29 is 14.3 Å². The SMILES string of the molecule is CC(C)(C)[Si](OC1C[C@@H]2[C@H](C1)[C@@H]2C(=O)O)(c1ccccc1)c1ccccc1. The van der Waals surface area contributed by atoms with E-state index in [0.29, 0.717) is 11.8 Å². The Kier molecular flexibility index (Phi) is 4.51. The summed E-state index contributed by atoms with van der Waals surface area (Å²) in [6, 6.07) is 21.3. The number of carboxylic acids is 1. The van der Waals surface area contributed by atoms with Crippen LogP contribution >= 0.6 is 0 Å². The first-order valence-corrected chi connectivity index (χ1v) is 11.8. The summed E-state index contributed by atoms with van der Waals surface area (Å²) in [4.78, 5) is 11.3. The Bertz CT molecular complexity index is 761. The normalized spacial score (nSPS) is 27.2. The average Bonchev–Trinajstić information content (AvgIpc) is 3.17. The molecule has 2 aromatic carbocycles. The zero-order chi connectivity index (χ0) is 19.2. The third-order valence-corrected chi connectivity index (χ3v) is 11.5. The minimum Gasteiger partial charge on any atom is -0.481 e. The highest BCUT2D eigenvalue weighted by Gasteiger charge is 2.62. The van der Waals surface area contributed by atoms with E-state index in [0.717, 1.165) is 12.8 Å². The largest absolute Gasteiger partial charge is 0.481 e. The minimum atomic E-state index is -2.52. The number of rotatable bonds is 5. The average molecular weight is 381 g/mol. The molecule has 4 rings (SSSR count). The molecule has 0 spiro atoms. The third-order valence-electron chi connectivity index (χ3n) is 6.45. The molecular weight excluding hydrogens is 352 g/mol. The fourth-order valence-corrected chi connectivity index (χ4v) is 9.90. The summed E-state index contributed by atoms with van der Waals surface area (Å²) in [5, 5.41) is 11.9. The van der Waals surface area contributed by atoms with E-state index in [4.69, 9.17) is 4.43 Å². The molecule has 0 aromatic heterocycles. The Morgan fingerprint density at radius 2 is 1.37 bits per heavy atom. The van der Waals surface area contributed by atoms with Crippen molar-refractivity contribution in [2.45, 2.75) is 44.8 Å². The lowest BCUT2D eigenvalue weighted by Crippen LogP contribution is -2.67. The van der Waals surface area contributed by atoms with Crippen LogP contribution in [0.3, 0.4) is 0 Å². The molecule has 0 amide bonds. The van der Waals surface area contributed by atoms with Crippen LogP contribution < -0.4 is 10.4 Å². The number of fused-ring (bicyclic) bond motifs is 1. The predicted molar refractivity (Wildman–Crippen MR) is 110 cm³/mol. The van der Waals surface area contributed by atoms with E-state index < -0.39 is 14.3 Å². The van der Waals surface area contributed by atoms with Crippen LogP contribution in [0.4, 0.5) is 0 Å². The quantitative estimate of drug-likeness (QED) is 0.805. The summed E-state index contributed by atoms with van der Waals surface area (Å²) in [7, 11) is -2.52. The molecule has 3 nitrogen and oxygen atoms in total. The van der Waals surface area contributed by atoms with Gasteiger partial charge in [-0.15, -0.1) is 0 Å². The van der Waals surface area contributed by atoms with Gasteiger partial charge in [0.2, 0.25) is 0 Å². The number of aliphatic carboxylic acids is 1. The lowest BCUT2D eigenvalue weighted by atomic mass is 10.1. The molecular formula is C23H28O3Si. The number of hydrogen-bond acceptors (Lipinski definition) is 2. The maximum Gasteiger partial charge on any atom is 0.307 e. The molecule has 2 aliphatic carbocycles. The van der Waals surface area contributed by atoms with Crippen LogP contribution in [0, 0.1) is 17.8 Å². The minimum absolute atomic E-state index is 0.0330. The smallest absolute Gasteiger partial charge is 0.307 e. The van der Waals surface area contributed by atoms with Gasteiger partial charge in [0.25, 0.3) is 8.32 Å². The zero-order valence-corrected chi connectivity index (χ0v) is 17.3. The standard InChI is InChI=1S/C23H28O3Si/c1-23(2,3)27(17-10-6-4-7-11-17,18-12-8-5-9-13-18)26-16-14-19-20(15-16)21(19)22(24)25/h4-13,16,19-21H,14-15H2,1-3H3,(H,24,25)/t16?,19-,20+,21-. The van der Waals surface area contributed by atoms with Gasteiger partial charge in [0.15, 0.2) is 0 Å². The number of carbonyl (C=O) groups is 1. The lowest BCUT2D eigenvalue weighted by molar-refractivity contribution is -0.139. The molecule has 2 aromatic rings. The maximum atomic E-state index is 11.3. The van der Waals surface area contributed by atoms with E-state index >= 15 is 0 Å². The molecule has 1 N–H and O–H groups in total. The van der Waals surface area contributed by atoms with Gasteiger partial charge in [0.05, 0.1) is 5.92 Å². The number of benzene rings is 2. The molecule has 142 valence electrons. The van der Waals surface area contributed by atoms with Crippen LogP contribution in [0.25, 0.3) is 0 Å². The second-order valence-electron chi connectivity index (χ2n) is 9.07. The summed E-state index contributed by atoms with van der Waals surface area (Å²) in [6.07, 6.45) is 1.92. The van der Waals surface area contributed by atoms with Gasteiger partial charge in [0, 0.05) is 6.10 Å². The second kappa shape index (κ2) is 6.61. The zero-order valence-electron chi connectivity index (χ0n) is 16.3. The van der Waals surface area contributed by atoms with E-state index in [2.05, 4.69) is 81.4 Å². The Labute approximate surface area is 162 Å². The highest BCUT2D eigenvalue weighted by atomic mass is 28.4. The van der Waals surface area contributed by atoms with Crippen molar-refractivity contribution in [1.29, 1.82) is 0 Å². The van der Waals surface area contributed by atoms with Gasteiger partial charge < -0.3 is 9.53 Å². The van der Waals surface area contributed by atoms with Crippen molar-refractivity contribution in [3.05, 3.63) is 60.7 Å².